The molecular weight excluding hydrogens is 186 g/mol. The molecule has 0 radical (unpaired) electrons. The fourth-order valence-electron chi connectivity index (χ4n) is 1.77. The zero-order chi connectivity index (χ0) is 10.7. The summed E-state index contributed by atoms with van der Waals surface area (Å²) in [6.45, 7) is 2.02. The smallest absolute Gasteiger partial charge is 0.129 e. The van der Waals surface area contributed by atoms with Gasteiger partial charge < -0.3 is 11.1 Å². The molecule has 3 heteroatoms. The Balaban J connectivity index is 1.93. The van der Waals surface area contributed by atoms with E-state index in [4.69, 9.17) is 5.73 Å². The standard InChI is InChI=1S/C12H17N3/c1-9(13)4-2-6-11-8-10-5-3-7-14-12(10)15-11/h2-3,5-7,9,11H,4,8,13H2,1H3,(H,14,15). The van der Waals surface area contributed by atoms with Crippen LogP contribution < -0.4 is 11.1 Å². The summed E-state index contributed by atoms with van der Waals surface area (Å²) in [4.78, 5) is 4.28. The van der Waals surface area contributed by atoms with E-state index in [0.717, 1.165) is 18.7 Å². The molecule has 0 amide bonds. The van der Waals surface area contributed by atoms with Crippen molar-refractivity contribution in [2.45, 2.75) is 31.8 Å². The van der Waals surface area contributed by atoms with Crippen molar-refractivity contribution in [1.82, 2.24) is 4.98 Å². The number of nitrogens with zero attached hydrogens (tertiary/aromatic N) is 1. The van der Waals surface area contributed by atoms with Crippen LogP contribution in [0.3, 0.4) is 0 Å². The van der Waals surface area contributed by atoms with E-state index in [1.54, 1.807) is 0 Å². The number of aromatic nitrogens is 1. The monoisotopic (exact) mass is 203 g/mol. The summed E-state index contributed by atoms with van der Waals surface area (Å²) >= 11 is 0. The molecule has 2 rings (SSSR count). The lowest BCUT2D eigenvalue weighted by molar-refractivity contribution is 0.752. The van der Waals surface area contributed by atoms with Gasteiger partial charge in [0, 0.05) is 12.2 Å². The van der Waals surface area contributed by atoms with Crippen molar-refractivity contribution in [1.29, 1.82) is 0 Å². The van der Waals surface area contributed by atoms with Crippen molar-refractivity contribution in [2.75, 3.05) is 5.32 Å². The van der Waals surface area contributed by atoms with Gasteiger partial charge in [-0.15, -0.1) is 0 Å². The molecule has 15 heavy (non-hydrogen) atoms. The molecule has 1 aromatic heterocycles. The minimum Gasteiger partial charge on any atom is -0.363 e. The highest BCUT2D eigenvalue weighted by molar-refractivity contribution is 5.51. The van der Waals surface area contributed by atoms with Gasteiger partial charge in [0.25, 0.3) is 0 Å². The van der Waals surface area contributed by atoms with Gasteiger partial charge in [-0.2, -0.15) is 0 Å². The Bertz CT molecular complexity index is 333. The minimum absolute atomic E-state index is 0.239. The number of pyridine rings is 1. The lowest BCUT2D eigenvalue weighted by Gasteiger charge is -2.04. The fourth-order valence-corrected chi connectivity index (χ4v) is 1.77. The Labute approximate surface area is 90.4 Å². The first kappa shape index (κ1) is 10.2. The van der Waals surface area contributed by atoms with E-state index in [-0.39, 0.29) is 6.04 Å². The average Bonchev–Trinajstić information content (AvgIpc) is 2.59. The molecule has 2 atom stereocenters. The van der Waals surface area contributed by atoms with Crippen molar-refractivity contribution in [3.63, 3.8) is 0 Å². The number of nitrogens with one attached hydrogen (secondary N) is 1. The van der Waals surface area contributed by atoms with Crippen LogP contribution in [0, 0.1) is 0 Å². The first-order chi connectivity index (χ1) is 7.25. The molecule has 0 spiro atoms. The van der Waals surface area contributed by atoms with Crippen LogP contribution >= 0.6 is 0 Å². The highest BCUT2D eigenvalue weighted by Crippen LogP contribution is 2.23. The topological polar surface area (TPSA) is 50.9 Å². The molecule has 1 aliphatic heterocycles. The number of fused-ring (bicyclic) bond motifs is 1. The molecule has 80 valence electrons. The van der Waals surface area contributed by atoms with Crippen molar-refractivity contribution >= 4 is 5.82 Å². The Morgan fingerprint density at radius 3 is 3.33 bits per heavy atom. The van der Waals surface area contributed by atoms with Crippen LogP contribution in [0.25, 0.3) is 0 Å². The van der Waals surface area contributed by atoms with Gasteiger partial charge in [0.15, 0.2) is 0 Å². The van der Waals surface area contributed by atoms with Crippen molar-refractivity contribution in [3.05, 3.63) is 36.0 Å². The second kappa shape index (κ2) is 4.45. The summed E-state index contributed by atoms with van der Waals surface area (Å²) in [6, 6.07) is 4.72. The van der Waals surface area contributed by atoms with Crippen LogP contribution in [-0.4, -0.2) is 17.1 Å². The molecule has 1 aromatic rings. The summed E-state index contributed by atoms with van der Waals surface area (Å²) in [6.07, 6.45) is 8.11. The fraction of sp³-hybridized carbons (Fsp3) is 0.417. The molecular formula is C12H17N3. The SMILES string of the molecule is CC(N)CC=CC1Cc2cccnc2N1. The largest absolute Gasteiger partial charge is 0.363 e. The van der Waals surface area contributed by atoms with E-state index >= 15 is 0 Å². The van der Waals surface area contributed by atoms with Gasteiger partial charge in [0.2, 0.25) is 0 Å². The lowest BCUT2D eigenvalue weighted by Crippen LogP contribution is -2.15. The van der Waals surface area contributed by atoms with Crippen LogP contribution in [0.4, 0.5) is 5.82 Å². The third kappa shape index (κ3) is 2.57. The highest BCUT2D eigenvalue weighted by Gasteiger charge is 2.18. The summed E-state index contributed by atoms with van der Waals surface area (Å²) in [5.74, 6) is 1.02. The molecule has 0 fully saturated rings. The maximum absolute atomic E-state index is 5.68. The normalized spacial score (nSPS) is 21.3. The van der Waals surface area contributed by atoms with E-state index in [2.05, 4.69) is 28.5 Å². The Hall–Kier alpha value is -1.35. The molecule has 3 nitrogen and oxygen atoms in total. The number of hydrogen-bond donors (Lipinski definition) is 2. The Morgan fingerprint density at radius 1 is 1.73 bits per heavy atom. The number of hydrogen-bond acceptors (Lipinski definition) is 3. The minimum atomic E-state index is 0.239. The molecule has 1 aliphatic rings. The van der Waals surface area contributed by atoms with Crippen LogP contribution in [-0.2, 0) is 6.42 Å². The lowest BCUT2D eigenvalue weighted by atomic mass is 10.1. The zero-order valence-electron chi connectivity index (χ0n) is 8.98. The molecule has 0 saturated carbocycles. The average molecular weight is 203 g/mol. The van der Waals surface area contributed by atoms with Gasteiger partial charge in [0.05, 0.1) is 6.04 Å². The van der Waals surface area contributed by atoms with Gasteiger partial charge in [-0.05, 0) is 31.4 Å². The molecule has 2 heterocycles. The van der Waals surface area contributed by atoms with Crippen LogP contribution in [0.5, 0.6) is 0 Å². The van der Waals surface area contributed by atoms with Crippen LogP contribution in [0.2, 0.25) is 0 Å². The molecule has 0 aliphatic carbocycles. The van der Waals surface area contributed by atoms with E-state index in [9.17, 15) is 0 Å². The van der Waals surface area contributed by atoms with Crippen LogP contribution in [0.1, 0.15) is 18.9 Å². The van der Waals surface area contributed by atoms with E-state index in [0.29, 0.717) is 6.04 Å². The van der Waals surface area contributed by atoms with E-state index < -0.39 is 0 Å². The third-order valence-electron chi connectivity index (χ3n) is 2.53. The third-order valence-corrected chi connectivity index (χ3v) is 2.53. The molecule has 0 aromatic carbocycles. The van der Waals surface area contributed by atoms with Gasteiger partial charge >= 0.3 is 0 Å². The predicted molar refractivity (Wildman–Crippen MR) is 62.8 cm³/mol. The summed E-state index contributed by atoms with van der Waals surface area (Å²) in [7, 11) is 0. The van der Waals surface area contributed by atoms with Gasteiger partial charge in [-0.25, -0.2) is 4.98 Å². The number of nitrogens with two attached hydrogens (primary N) is 1. The quantitative estimate of drug-likeness (QED) is 0.735. The first-order valence-corrected chi connectivity index (χ1v) is 5.38. The number of anilines is 1. The van der Waals surface area contributed by atoms with E-state index in [1.807, 2.05) is 19.2 Å². The predicted octanol–water partition coefficient (Wildman–Crippen LogP) is 1.71. The Morgan fingerprint density at radius 2 is 2.60 bits per heavy atom. The van der Waals surface area contributed by atoms with Gasteiger partial charge in [-0.3, -0.25) is 0 Å². The summed E-state index contributed by atoms with van der Waals surface area (Å²) in [5.41, 5.74) is 6.98. The number of rotatable bonds is 3. The van der Waals surface area contributed by atoms with Crippen molar-refractivity contribution in [3.8, 4) is 0 Å². The zero-order valence-corrected chi connectivity index (χ0v) is 8.98. The molecule has 0 bridgehead atoms. The molecule has 2 unspecified atom stereocenters. The maximum Gasteiger partial charge on any atom is 0.129 e. The first-order valence-electron chi connectivity index (χ1n) is 5.38. The maximum atomic E-state index is 5.68. The highest BCUT2D eigenvalue weighted by atomic mass is 15.0. The molecule has 0 saturated heterocycles. The second-order valence-electron chi connectivity index (χ2n) is 4.11. The summed E-state index contributed by atoms with van der Waals surface area (Å²) in [5, 5.41) is 3.37. The van der Waals surface area contributed by atoms with E-state index in [1.165, 1.54) is 5.56 Å². The molecule has 3 N–H and O–H groups in total. The Kier molecular flexibility index (Phi) is 3.02. The van der Waals surface area contributed by atoms with Gasteiger partial charge in [0.1, 0.15) is 5.82 Å². The summed E-state index contributed by atoms with van der Waals surface area (Å²) < 4.78 is 0. The van der Waals surface area contributed by atoms with Crippen molar-refractivity contribution < 1.29 is 0 Å². The van der Waals surface area contributed by atoms with Crippen molar-refractivity contribution in [2.24, 2.45) is 5.73 Å². The second-order valence-corrected chi connectivity index (χ2v) is 4.11. The van der Waals surface area contributed by atoms with Crippen LogP contribution in [0.15, 0.2) is 30.5 Å². The van der Waals surface area contributed by atoms with Gasteiger partial charge in [-0.1, -0.05) is 18.2 Å².